The number of rotatable bonds is 2. The Hall–Kier alpha value is -0.340. The molecule has 0 unspecified atom stereocenters. The Bertz CT molecular complexity index is 321. The second-order valence-corrected chi connectivity index (χ2v) is 5.49. The minimum absolute atomic E-state index is 0.669. The number of halogens is 1. The monoisotopic (exact) mass is 227 g/mol. The molecule has 0 amide bonds. The lowest BCUT2D eigenvalue weighted by molar-refractivity contribution is 0.886. The van der Waals surface area contributed by atoms with Gasteiger partial charge in [0, 0.05) is 10.1 Å². The fourth-order valence-corrected chi connectivity index (χ4v) is 3.31. The van der Waals surface area contributed by atoms with Gasteiger partial charge < -0.3 is 5.73 Å². The Morgan fingerprint density at radius 3 is 2.64 bits per heavy atom. The number of hydrogen-bond donors (Lipinski definition) is 1. The Labute approximate surface area is 94.0 Å². The summed E-state index contributed by atoms with van der Waals surface area (Å²) in [5.41, 5.74) is 6.32. The van der Waals surface area contributed by atoms with Crippen molar-refractivity contribution in [3.63, 3.8) is 0 Å². The molecule has 76 valence electrons. The van der Waals surface area contributed by atoms with E-state index in [2.05, 4.69) is 6.07 Å². The molecule has 1 aliphatic carbocycles. The van der Waals surface area contributed by atoms with Gasteiger partial charge in [-0.3, -0.25) is 0 Å². The van der Waals surface area contributed by atoms with Gasteiger partial charge in [0.15, 0.2) is 0 Å². The molecule has 1 aliphatic rings. The van der Waals surface area contributed by atoms with Gasteiger partial charge in [0.2, 0.25) is 0 Å². The second kappa shape index (κ2) is 4.45. The molecule has 2 rings (SSSR count). The Morgan fingerprint density at radius 2 is 2.00 bits per heavy atom. The van der Waals surface area contributed by atoms with Gasteiger partial charge in [-0.25, -0.2) is 0 Å². The molecule has 0 saturated heterocycles. The highest BCUT2D eigenvalue weighted by atomic mass is 35.5. The zero-order valence-corrected chi connectivity index (χ0v) is 9.57. The Kier molecular flexibility index (Phi) is 3.24. The van der Waals surface area contributed by atoms with E-state index in [1.165, 1.54) is 30.6 Å². The van der Waals surface area contributed by atoms with Crippen LogP contribution in [0.4, 0.5) is 5.69 Å². The van der Waals surface area contributed by atoms with E-state index in [0.29, 0.717) is 10.7 Å². The molecule has 3 heteroatoms. The van der Waals surface area contributed by atoms with Crippen molar-refractivity contribution < 1.29 is 0 Å². The minimum Gasteiger partial charge on any atom is -0.398 e. The van der Waals surface area contributed by atoms with Crippen molar-refractivity contribution >= 4 is 29.1 Å². The van der Waals surface area contributed by atoms with Crippen LogP contribution in [-0.4, -0.2) is 5.25 Å². The molecular formula is C11H14ClNS. The van der Waals surface area contributed by atoms with Crippen molar-refractivity contribution in [3.05, 3.63) is 23.2 Å². The summed E-state index contributed by atoms with van der Waals surface area (Å²) in [6.45, 7) is 0. The molecule has 0 atom stereocenters. The van der Waals surface area contributed by atoms with Crippen molar-refractivity contribution in [2.45, 2.75) is 35.8 Å². The summed E-state index contributed by atoms with van der Waals surface area (Å²) in [4.78, 5) is 1.25. The molecule has 0 spiro atoms. The molecule has 1 aromatic rings. The van der Waals surface area contributed by atoms with Gasteiger partial charge in [0.1, 0.15) is 0 Å². The van der Waals surface area contributed by atoms with Crippen LogP contribution in [0.25, 0.3) is 0 Å². The third kappa shape index (κ3) is 2.37. The largest absolute Gasteiger partial charge is 0.398 e. The summed E-state index contributed by atoms with van der Waals surface area (Å²) < 4.78 is 0. The second-order valence-electron chi connectivity index (χ2n) is 3.71. The van der Waals surface area contributed by atoms with Crippen molar-refractivity contribution in [2.75, 3.05) is 5.73 Å². The Morgan fingerprint density at radius 1 is 1.29 bits per heavy atom. The predicted octanol–water partition coefficient (Wildman–Crippen LogP) is 3.96. The highest BCUT2D eigenvalue weighted by Crippen LogP contribution is 2.36. The van der Waals surface area contributed by atoms with E-state index < -0.39 is 0 Å². The van der Waals surface area contributed by atoms with E-state index >= 15 is 0 Å². The summed E-state index contributed by atoms with van der Waals surface area (Å²) in [5.74, 6) is 0. The molecular weight excluding hydrogens is 214 g/mol. The van der Waals surface area contributed by atoms with E-state index in [0.717, 1.165) is 5.25 Å². The van der Waals surface area contributed by atoms with Crippen LogP contribution >= 0.6 is 23.4 Å². The SMILES string of the molecule is Nc1ccc(SC2CCCC2)cc1Cl. The van der Waals surface area contributed by atoms with Gasteiger partial charge in [0.25, 0.3) is 0 Å². The van der Waals surface area contributed by atoms with E-state index in [1.807, 2.05) is 23.9 Å². The van der Waals surface area contributed by atoms with Gasteiger partial charge in [-0.05, 0) is 31.0 Å². The summed E-state index contributed by atoms with van der Waals surface area (Å²) in [6.07, 6.45) is 5.43. The maximum absolute atomic E-state index is 5.96. The molecule has 1 saturated carbocycles. The first-order valence-electron chi connectivity index (χ1n) is 4.97. The van der Waals surface area contributed by atoms with Crippen LogP contribution in [0.2, 0.25) is 5.02 Å². The lowest BCUT2D eigenvalue weighted by Crippen LogP contribution is -1.93. The molecule has 1 nitrogen and oxygen atoms in total. The summed E-state index contributed by atoms with van der Waals surface area (Å²) in [5, 5.41) is 1.46. The maximum Gasteiger partial charge on any atom is 0.0646 e. The van der Waals surface area contributed by atoms with Gasteiger partial charge >= 0.3 is 0 Å². The fraction of sp³-hybridized carbons (Fsp3) is 0.455. The van der Waals surface area contributed by atoms with Crippen LogP contribution in [0, 0.1) is 0 Å². The molecule has 14 heavy (non-hydrogen) atoms. The van der Waals surface area contributed by atoms with Crippen molar-refractivity contribution in [1.82, 2.24) is 0 Å². The molecule has 0 heterocycles. The first-order valence-corrected chi connectivity index (χ1v) is 6.23. The van der Waals surface area contributed by atoms with E-state index in [4.69, 9.17) is 17.3 Å². The van der Waals surface area contributed by atoms with Gasteiger partial charge in [-0.1, -0.05) is 24.4 Å². The Balaban J connectivity index is 2.05. The first kappa shape index (κ1) is 10.2. The molecule has 1 aromatic carbocycles. The third-order valence-corrected chi connectivity index (χ3v) is 4.24. The quantitative estimate of drug-likeness (QED) is 0.775. The zero-order chi connectivity index (χ0) is 9.97. The van der Waals surface area contributed by atoms with E-state index in [1.54, 1.807) is 0 Å². The highest BCUT2D eigenvalue weighted by Gasteiger charge is 2.16. The van der Waals surface area contributed by atoms with Crippen molar-refractivity contribution in [3.8, 4) is 0 Å². The molecule has 0 radical (unpaired) electrons. The van der Waals surface area contributed by atoms with Crippen LogP contribution in [0.3, 0.4) is 0 Å². The number of anilines is 1. The first-order chi connectivity index (χ1) is 6.75. The number of benzene rings is 1. The minimum atomic E-state index is 0.669. The third-order valence-electron chi connectivity index (χ3n) is 2.58. The summed E-state index contributed by atoms with van der Waals surface area (Å²) in [7, 11) is 0. The van der Waals surface area contributed by atoms with Gasteiger partial charge in [0.05, 0.1) is 10.7 Å². The lowest BCUT2D eigenvalue weighted by Gasteiger charge is -2.09. The number of nitrogen functional groups attached to an aromatic ring is 1. The predicted molar refractivity (Wildman–Crippen MR) is 64.0 cm³/mol. The van der Waals surface area contributed by atoms with Gasteiger partial charge in [-0.15, -0.1) is 11.8 Å². The zero-order valence-electron chi connectivity index (χ0n) is 8.00. The highest BCUT2D eigenvalue weighted by molar-refractivity contribution is 8.00. The normalized spacial score (nSPS) is 17.5. The average Bonchev–Trinajstić information content (AvgIpc) is 2.64. The van der Waals surface area contributed by atoms with E-state index in [9.17, 15) is 0 Å². The van der Waals surface area contributed by atoms with Crippen LogP contribution in [0.1, 0.15) is 25.7 Å². The molecule has 0 aromatic heterocycles. The maximum atomic E-state index is 5.96. The topological polar surface area (TPSA) is 26.0 Å². The van der Waals surface area contributed by atoms with Crippen LogP contribution in [0.5, 0.6) is 0 Å². The average molecular weight is 228 g/mol. The number of thioether (sulfide) groups is 1. The van der Waals surface area contributed by atoms with Gasteiger partial charge in [-0.2, -0.15) is 0 Å². The number of hydrogen-bond acceptors (Lipinski definition) is 2. The van der Waals surface area contributed by atoms with E-state index in [-0.39, 0.29) is 0 Å². The van der Waals surface area contributed by atoms with Crippen LogP contribution in [0.15, 0.2) is 23.1 Å². The van der Waals surface area contributed by atoms with Crippen LogP contribution < -0.4 is 5.73 Å². The summed E-state index contributed by atoms with van der Waals surface area (Å²) >= 11 is 7.90. The molecule has 1 fully saturated rings. The number of nitrogens with two attached hydrogens (primary N) is 1. The molecule has 2 N–H and O–H groups in total. The lowest BCUT2D eigenvalue weighted by atomic mass is 10.3. The summed E-state index contributed by atoms with van der Waals surface area (Å²) in [6, 6.07) is 5.92. The smallest absolute Gasteiger partial charge is 0.0646 e. The molecule has 0 aliphatic heterocycles. The van der Waals surface area contributed by atoms with Crippen molar-refractivity contribution in [2.24, 2.45) is 0 Å². The standard InChI is InChI=1S/C11H14ClNS/c12-10-7-9(5-6-11(10)13)14-8-3-1-2-4-8/h5-8H,1-4,13H2. The van der Waals surface area contributed by atoms with Crippen molar-refractivity contribution in [1.29, 1.82) is 0 Å². The fourth-order valence-electron chi connectivity index (χ4n) is 1.78. The van der Waals surface area contributed by atoms with Crippen LogP contribution in [-0.2, 0) is 0 Å². The molecule has 0 bridgehead atoms.